The predicted molar refractivity (Wildman–Crippen MR) is 64.6 cm³/mol. The molecule has 0 unspecified atom stereocenters. The van der Waals surface area contributed by atoms with Crippen molar-refractivity contribution in [3.63, 3.8) is 0 Å². The van der Waals surface area contributed by atoms with Crippen molar-refractivity contribution in [1.29, 1.82) is 0 Å². The molecule has 90 valence electrons. The third-order valence-corrected chi connectivity index (χ3v) is 2.64. The number of aryl methyl sites for hydroxylation is 1. The van der Waals surface area contributed by atoms with Crippen LogP contribution >= 0.6 is 11.9 Å². The number of nitrogens with one attached hydrogen (secondary N) is 2. The quantitative estimate of drug-likeness (QED) is 0.597. The van der Waals surface area contributed by atoms with Gasteiger partial charge in [-0.2, -0.15) is 0 Å². The highest BCUT2D eigenvalue weighted by Gasteiger charge is 2.06. The number of rotatable bonds is 5. The van der Waals surface area contributed by atoms with E-state index < -0.39 is 0 Å². The van der Waals surface area contributed by atoms with Crippen LogP contribution in [0.1, 0.15) is 5.76 Å². The zero-order valence-corrected chi connectivity index (χ0v) is 10.4. The number of carbonyl (C=O) groups is 1. The molecule has 0 saturated carbocycles. The van der Waals surface area contributed by atoms with Gasteiger partial charge in [-0.1, -0.05) is 5.16 Å². The molecule has 0 fully saturated rings. The van der Waals surface area contributed by atoms with E-state index in [9.17, 15) is 4.79 Å². The number of amides is 2. The summed E-state index contributed by atoms with van der Waals surface area (Å²) >= 11 is 1.35. The van der Waals surface area contributed by atoms with Gasteiger partial charge in [0.05, 0.1) is 0 Å². The Morgan fingerprint density at radius 2 is 2.44 bits per heavy atom. The first-order chi connectivity index (χ1) is 7.63. The molecular weight excluding hydrogens is 228 g/mol. The van der Waals surface area contributed by atoms with Crippen molar-refractivity contribution in [3.05, 3.63) is 11.8 Å². The van der Waals surface area contributed by atoms with Crippen LogP contribution in [-0.2, 0) is 0 Å². The van der Waals surface area contributed by atoms with Gasteiger partial charge in [0.2, 0.25) is 0 Å². The van der Waals surface area contributed by atoms with E-state index in [1.807, 2.05) is 24.9 Å². The van der Waals surface area contributed by atoms with Gasteiger partial charge in [-0.15, -0.1) is 0 Å². The molecule has 1 heterocycles. The summed E-state index contributed by atoms with van der Waals surface area (Å²) in [5.41, 5.74) is 0. The predicted octanol–water partition coefficient (Wildman–Crippen LogP) is 0.996. The van der Waals surface area contributed by atoms with Crippen molar-refractivity contribution in [2.24, 2.45) is 0 Å². The SMILES string of the molecule is CNC(=O)NSCCN(C)c1cc(C)on1. The molecule has 0 spiro atoms. The Hall–Kier alpha value is -1.37. The fraction of sp³-hybridized carbons (Fsp3) is 0.556. The molecule has 0 radical (unpaired) electrons. The molecular formula is C9H16N4O2S. The number of urea groups is 1. The van der Waals surface area contributed by atoms with Crippen molar-refractivity contribution < 1.29 is 9.32 Å². The molecule has 2 amide bonds. The Morgan fingerprint density at radius 1 is 1.69 bits per heavy atom. The number of nitrogens with zero attached hydrogens (tertiary/aromatic N) is 2. The monoisotopic (exact) mass is 244 g/mol. The van der Waals surface area contributed by atoms with Gasteiger partial charge in [-0.25, -0.2) is 4.79 Å². The highest BCUT2D eigenvalue weighted by Crippen LogP contribution is 2.11. The maximum atomic E-state index is 10.8. The summed E-state index contributed by atoms with van der Waals surface area (Å²) in [5.74, 6) is 2.37. The van der Waals surface area contributed by atoms with E-state index in [0.717, 1.165) is 23.9 Å². The first-order valence-electron chi connectivity index (χ1n) is 4.87. The third kappa shape index (κ3) is 4.01. The van der Waals surface area contributed by atoms with Gasteiger partial charge in [0.25, 0.3) is 0 Å². The molecule has 16 heavy (non-hydrogen) atoms. The van der Waals surface area contributed by atoms with Gasteiger partial charge >= 0.3 is 6.03 Å². The second kappa shape index (κ2) is 6.26. The van der Waals surface area contributed by atoms with Crippen molar-refractivity contribution in [3.8, 4) is 0 Å². The molecule has 1 rings (SSSR count). The highest BCUT2D eigenvalue weighted by molar-refractivity contribution is 7.97. The van der Waals surface area contributed by atoms with E-state index in [4.69, 9.17) is 4.52 Å². The number of hydrogen-bond donors (Lipinski definition) is 2. The minimum atomic E-state index is -0.190. The normalized spacial score (nSPS) is 9.94. The lowest BCUT2D eigenvalue weighted by atomic mass is 10.4. The Morgan fingerprint density at radius 3 is 3.00 bits per heavy atom. The standard InChI is InChI=1S/C9H16N4O2S/c1-7-6-8(11-15-7)13(3)4-5-16-12-9(14)10-2/h6H,4-5H2,1-3H3,(H2,10,12,14). The van der Waals surface area contributed by atoms with Crippen molar-refractivity contribution in [2.45, 2.75) is 6.92 Å². The summed E-state index contributed by atoms with van der Waals surface area (Å²) in [7, 11) is 3.51. The van der Waals surface area contributed by atoms with Crippen LogP contribution in [0.25, 0.3) is 0 Å². The topological polar surface area (TPSA) is 70.4 Å². The molecule has 0 aliphatic rings. The maximum Gasteiger partial charge on any atom is 0.324 e. The summed E-state index contributed by atoms with van der Waals surface area (Å²) < 4.78 is 7.61. The van der Waals surface area contributed by atoms with Crippen LogP contribution in [0.5, 0.6) is 0 Å². The van der Waals surface area contributed by atoms with Gasteiger partial charge in [0.15, 0.2) is 5.82 Å². The van der Waals surface area contributed by atoms with Crippen LogP contribution in [-0.4, -0.2) is 37.6 Å². The number of hydrogen-bond acceptors (Lipinski definition) is 5. The summed E-state index contributed by atoms with van der Waals surface area (Å²) in [4.78, 5) is 12.8. The van der Waals surface area contributed by atoms with Gasteiger partial charge in [-0.05, 0) is 18.9 Å². The van der Waals surface area contributed by atoms with Crippen LogP contribution in [0.4, 0.5) is 10.6 Å². The zero-order valence-electron chi connectivity index (χ0n) is 9.61. The Kier molecular flexibility index (Phi) is 4.97. The van der Waals surface area contributed by atoms with Gasteiger partial charge in [0, 0.05) is 32.5 Å². The summed E-state index contributed by atoms with van der Waals surface area (Å²) in [6.45, 7) is 2.63. The third-order valence-electron chi connectivity index (χ3n) is 1.93. The fourth-order valence-electron chi connectivity index (χ4n) is 0.998. The molecule has 2 N–H and O–H groups in total. The van der Waals surface area contributed by atoms with Crippen LogP contribution < -0.4 is 14.9 Å². The Labute approximate surface area is 98.9 Å². The molecule has 0 atom stereocenters. The van der Waals surface area contributed by atoms with E-state index >= 15 is 0 Å². The number of carbonyl (C=O) groups excluding carboxylic acids is 1. The first-order valence-corrected chi connectivity index (χ1v) is 5.86. The summed E-state index contributed by atoms with van der Waals surface area (Å²) in [6, 6.07) is 1.68. The van der Waals surface area contributed by atoms with Crippen LogP contribution in [0, 0.1) is 6.92 Å². The van der Waals surface area contributed by atoms with Gasteiger partial charge in [0.1, 0.15) is 5.76 Å². The second-order valence-electron chi connectivity index (χ2n) is 3.25. The van der Waals surface area contributed by atoms with Crippen molar-refractivity contribution >= 4 is 23.8 Å². The average molecular weight is 244 g/mol. The summed E-state index contributed by atoms with van der Waals surface area (Å²) in [6.07, 6.45) is 0. The smallest absolute Gasteiger partial charge is 0.324 e. The molecule has 0 saturated heterocycles. The molecule has 0 aromatic carbocycles. The lowest BCUT2D eigenvalue weighted by molar-refractivity contribution is 0.248. The lowest BCUT2D eigenvalue weighted by Gasteiger charge is -2.14. The van der Waals surface area contributed by atoms with Crippen molar-refractivity contribution in [2.75, 3.05) is 31.3 Å². The summed E-state index contributed by atoms with van der Waals surface area (Å²) in [5, 5.41) is 6.36. The molecule has 0 aliphatic carbocycles. The number of aromatic nitrogens is 1. The molecule has 7 heteroatoms. The van der Waals surface area contributed by atoms with E-state index in [1.54, 1.807) is 7.05 Å². The second-order valence-corrected chi connectivity index (χ2v) is 4.15. The van der Waals surface area contributed by atoms with Crippen LogP contribution in [0.3, 0.4) is 0 Å². The largest absolute Gasteiger partial charge is 0.360 e. The fourth-order valence-corrected chi connectivity index (χ4v) is 1.70. The molecule has 0 aliphatic heterocycles. The minimum absolute atomic E-state index is 0.190. The molecule has 1 aromatic heterocycles. The van der Waals surface area contributed by atoms with E-state index in [0.29, 0.717) is 0 Å². The molecule has 0 bridgehead atoms. The van der Waals surface area contributed by atoms with E-state index in [2.05, 4.69) is 15.2 Å². The van der Waals surface area contributed by atoms with Crippen LogP contribution in [0.2, 0.25) is 0 Å². The van der Waals surface area contributed by atoms with Gasteiger partial charge in [-0.3, -0.25) is 4.72 Å². The lowest BCUT2D eigenvalue weighted by Crippen LogP contribution is -2.29. The van der Waals surface area contributed by atoms with E-state index in [-0.39, 0.29) is 6.03 Å². The van der Waals surface area contributed by atoms with E-state index in [1.165, 1.54) is 11.9 Å². The van der Waals surface area contributed by atoms with Crippen LogP contribution in [0.15, 0.2) is 10.6 Å². The maximum absolute atomic E-state index is 10.8. The zero-order chi connectivity index (χ0) is 12.0. The highest BCUT2D eigenvalue weighted by atomic mass is 32.2. The minimum Gasteiger partial charge on any atom is -0.360 e. The Balaban J connectivity index is 2.20. The van der Waals surface area contributed by atoms with Crippen molar-refractivity contribution in [1.82, 2.24) is 15.2 Å². The number of anilines is 1. The molecule has 6 nitrogen and oxygen atoms in total. The Bertz CT molecular complexity index is 342. The molecule has 1 aromatic rings. The van der Waals surface area contributed by atoms with Gasteiger partial charge < -0.3 is 14.7 Å². The first kappa shape index (κ1) is 12.7. The average Bonchev–Trinajstić information content (AvgIpc) is 2.70.